The highest BCUT2D eigenvalue weighted by molar-refractivity contribution is 5.88. The number of nitro groups is 1. The van der Waals surface area contributed by atoms with Gasteiger partial charge in [-0.05, 0) is 33.3 Å². The first-order chi connectivity index (χ1) is 10.1. The van der Waals surface area contributed by atoms with Gasteiger partial charge in [-0.1, -0.05) is 6.07 Å². The van der Waals surface area contributed by atoms with Crippen LogP contribution in [-0.2, 0) is 11.2 Å². The predicted octanol–water partition coefficient (Wildman–Crippen LogP) is 2.36. The van der Waals surface area contributed by atoms with E-state index in [1.165, 1.54) is 12.1 Å². The molecule has 0 aliphatic rings. The van der Waals surface area contributed by atoms with Crippen LogP contribution in [-0.4, -0.2) is 34.2 Å². The van der Waals surface area contributed by atoms with Gasteiger partial charge in [-0.25, -0.2) is 9.59 Å². The second-order valence-corrected chi connectivity index (χ2v) is 5.58. The third kappa shape index (κ3) is 5.39. The van der Waals surface area contributed by atoms with Crippen molar-refractivity contribution in [1.29, 1.82) is 0 Å². The van der Waals surface area contributed by atoms with Crippen LogP contribution in [0.3, 0.4) is 0 Å². The van der Waals surface area contributed by atoms with Crippen molar-refractivity contribution in [3.8, 4) is 0 Å². The summed E-state index contributed by atoms with van der Waals surface area (Å²) in [4.78, 5) is 32.6. The number of carboxylic acids is 1. The maximum absolute atomic E-state index is 11.5. The summed E-state index contributed by atoms with van der Waals surface area (Å²) in [5, 5.41) is 22.3. The fraction of sp³-hybridized carbons (Fsp3) is 0.429. The number of aromatic carboxylic acids is 1. The van der Waals surface area contributed by atoms with E-state index < -0.39 is 22.6 Å². The van der Waals surface area contributed by atoms with Crippen molar-refractivity contribution in [2.45, 2.75) is 32.8 Å². The normalized spacial score (nSPS) is 10.9. The summed E-state index contributed by atoms with van der Waals surface area (Å²) in [6.07, 6.45) is -0.424. The van der Waals surface area contributed by atoms with E-state index in [1.54, 1.807) is 20.8 Å². The predicted molar refractivity (Wildman–Crippen MR) is 78.0 cm³/mol. The van der Waals surface area contributed by atoms with Crippen LogP contribution >= 0.6 is 0 Å². The van der Waals surface area contributed by atoms with Crippen molar-refractivity contribution in [2.24, 2.45) is 0 Å². The highest BCUT2D eigenvalue weighted by atomic mass is 16.6. The van der Waals surface area contributed by atoms with Crippen molar-refractivity contribution < 1.29 is 24.4 Å². The SMILES string of the molecule is CC(C)(C)OC(=O)NCCc1ccc(C(=O)O)cc1[N+](=O)[O-]. The highest BCUT2D eigenvalue weighted by Crippen LogP contribution is 2.21. The zero-order chi connectivity index (χ0) is 16.9. The quantitative estimate of drug-likeness (QED) is 0.636. The Morgan fingerprint density at radius 3 is 2.50 bits per heavy atom. The fourth-order valence-electron chi connectivity index (χ4n) is 1.69. The Kier molecular flexibility index (Phi) is 5.44. The standard InChI is InChI=1S/C14H18N2O6/c1-14(2,3)22-13(19)15-7-6-9-4-5-10(12(17)18)8-11(9)16(20)21/h4-5,8H,6-7H2,1-3H3,(H,15,19)(H,17,18). The third-order valence-electron chi connectivity index (χ3n) is 2.59. The van der Waals surface area contributed by atoms with Crippen LogP contribution in [0.5, 0.6) is 0 Å². The first-order valence-corrected chi connectivity index (χ1v) is 6.57. The first kappa shape index (κ1) is 17.4. The molecule has 0 aliphatic carbocycles. The van der Waals surface area contributed by atoms with Gasteiger partial charge < -0.3 is 15.2 Å². The number of hydrogen-bond acceptors (Lipinski definition) is 5. The number of nitrogens with zero attached hydrogens (tertiary/aromatic N) is 1. The number of nitrogens with one attached hydrogen (secondary N) is 1. The molecular weight excluding hydrogens is 292 g/mol. The lowest BCUT2D eigenvalue weighted by atomic mass is 10.1. The molecule has 0 unspecified atom stereocenters. The minimum atomic E-state index is -1.23. The number of carbonyl (C=O) groups excluding carboxylic acids is 1. The van der Waals surface area contributed by atoms with E-state index in [4.69, 9.17) is 9.84 Å². The molecule has 0 aromatic heterocycles. The lowest BCUT2D eigenvalue weighted by molar-refractivity contribution is -0.385. The molecule has 8 nitrogen and oxygen atoms in total. The van der Waals surface area contributed by atoms with Crippen LogP contribution in [0.25, 0.3) is 0 Å². The van der Waals surface area contributed by atoms with E-state index in [2.05, 4.69) is 5.32 Å². The zero-order valence-electron chi connectivity index (χ0n) is 12.6. The molecule has 0 spiro atoms. The van der Waals surface area contributed by atoms with Crippen LogP contribution in [0.15, 0.2) is 18.2 Å². The van der Waals surface area contributed by atoms with E-state index in [0.29, 0.717) is 5.56 Å². The molecule has 0 heterocycles. The van der Waals surface area contributed by atoms with Gasteiger partial charge in [-0.2, -0.15) is 0 Å². The zero-order valence-corrected chi connectivity index (χ0v) is 12.6. The average molecular weight is 310 g/mol. The van der Waals surface area contributed by atoms with Gasteiger partial charge in [0.2, 0.25) is 0 Å². The topological polar surface area (TPSA) is 119 Å². The van der Waals surface area contributed by atoms with Crippen LogP contribution < -0.4 is 5.32 Å². The van der Waals surface area contributed by atoms with Gasteiger partial charge in [0.05, 0.1) is 10.5 Å². The summed E-state index contributed by atoms with van der Waals surface area (Å²) < 4.78 is 5.04. The van der Waals surface area contributed by atoms with Gasteiger partial charge in [0.1, 0.15) is 5.60 Å². The molecule has 1 aromatic carbocycles. The smallest absolute Gasteiger partial charge is 0.407 e. The Bertz CT molecular complexity index is 591. The summed E-state index contributed by atoms with van der Waals surface area (Å²) in [5.41, 5.74) is -0.730. The molecule has 120 valence electrons. The molecule has 0 saturated carbocycles. The second-order valence-electron chi connectivity index (χ2n) is 5.58. The van der Waals surface area contributed by atoms with Gasteiger partial charge in [-0.3, -0.25) is 10.1 Å². The number of nitro benzene ring substituents is 1. The van der Waals surface area contributed by atoms with E-state index >= 15 is 0 Å². The molecular formula is C14H18N2O6. The van der Waals surface area contributed by atoms with Crippen LogP contribution in [0.4, 0.5) is 10.5 Å². The minimum absolute atomic E-state index is 0.141. The summed E-state index contributed by atoms with van der Waals surface area (Å²) in [5.74, 6) is -1.23. The molecule has 0 aliphatic heterocycles. The van der Waals surface area contributed by atoms with Gasteiger partial charge >= 0.3 is 12.1 Å². The number of benzene rings is 1. The Balaban J connectivity index is 2.72. The van der Waals surface area contributed by atoms with Gasteiger partial charge in [0.15, 0.2) is 0 Å². The Morgan fingerprint density at radius 1 is 1.36 bits per heavy atom. The minimum Gasteiger partial charge on any atom is -0.478 e. The number of alkyl carbamates (subject to hydrolysis) is 1. The van der Waals surface area contributed by atoms with Crippen molar-refractivity contribution in [3.63, 3.8) is 0 Å². The second kappa shape index (κ2) is 6.88. The molecule has 1 amide bonds. The number of amides is 1. The molecule has 0 bridgehead atoms. The largest absolute Gasteiger partial charge is 0.478 e. The molecule has 2 N–H and O–H groups in total. The third-order valence-corrected chi connectivity index (χ3v) is 2.59. The summed E-state index contributed by atoms with van der Waals surface area (Å²) in [7, 11) is 0. The Hall–Kier alpha value is -2.64. The number of rotatable bonds is 5. The van der Waals surface area contributed by atoms with Crippen LogP contribution in [0, 0.1) is 10.1 Å². The maximum Gasteiger partial charge on any atom is 0.407 e. The van der Waals surface area contributed by atoms with E-state index in [0.717, 1.165) is 6.07 Å². The summed E-state index contributed by atoms with van der Waals surface area (Å²) >= 11 is 0. The van der Waals surface area contributed by atoms with Gasteiger partial charge in [-0.15, -0.1) is 0 Å². The molecule has 1 rings (SSSR count). The molecule has 0 fully saturated rings. The van der Waals surface area contributed by atoms with E-state index in [9.17, 15) is 19.7 Å². The van der Waals surface area contributed by atoms with Gasteiger partial charge in [0, 0.05) is 18.2 Å². The van der Waals surface area contributed by atoms with Gasteiger partial charge in [0.25, 0.3) is 5.69 Å². The highest BCUT2D eigenvalue weighted by Gasteiger charge is 2.18. The lowest BCUT2D eigenvalue weighted by Crippen LogP contribution is -2.33. The van der Waals surface area contributed by atoms with E-state index in [1.807, 2.05) is 0 Å². The van der Waals surface area contributed by atoms with Crippen LogP contribution in [0.2, 0.25) is 0 Å². The van der Waals surface area contributed by atoms with Crippen LogP contribution in [0.1, 0.15) is 36.7 Å². The number of ether oxygens (including phenoxy) is 1. The van der Waals surface area contributed by atoms with Crippen molar-refractivity contribution in [3.05, 3.63) is 39.4 Å². The Labute approximate surface area is 127 Å². The number of hydrogen-bond donors (Lipinski definition) is 2. The van der Waals surface area contributed by atoms with Crippen molar-refractivity contribution >= 4 is 17.7 Å². The van der Waals surface area contributed by atoms with E-state index in [-0.39, 0.29) is 24.2 Å². The summed E-state index contributed by atoms with van der Waals surface area (Å²) in [6.45, 7) is 5.31. The molecule has 0 atom stereocenters. The number of carboxylic acid groups (broad SMARTS) is 1. The molecule has 1 aromatic rings. The average Bonchev–Trinajstić information content (AvgIpc) is 2.36. The molecule has 8 heteroatoms. The van der Waals surface area contributed by atoms with Crippen molar-refractivity contribution in [1.82, 2.24) is 5.32 Å². The maximum atomic E-state index is 11.5. The first-order valence-electron chi connectivity index (χ1n) is 6.57. The summed E-state index contributed by atoms with van der Waals surface area (Å²) in [6, 6.07) is 3.67. The Morgan fingerprint density at radius 2 is 2.00 bits per heavy atom. The molecule has 0 saturated heterocycles. The lowest BCUT2D eigenvalue weighted by Gasteiger charge is -2.19. The fourth-order valence-corrected chi connectivity index (χ4v) is 1.69. The monoisotopic (exact) mass is 310 g/mol. The number of carbonyl (C=O) groups is 2. The molecule has 22 heavy (non-hydrogen) atoms. The molecule has 0 radical (unpaired) electrons. The van der Waals surface area contributed by atoms with Crippen molar-refractivity contribution in [2.75, 3.05) is 6.54 Å².